The second-order valence-corrected chi connectivity index (χ2v) is 5.75. The van der Waals surface area contributed by atoms with Crippen molar-refractivity contribution in [1.82, 2.24) is 9.80 Å². The van der Waals surface area contributed by atoms with E-state index in [1.165, 1.54) is 6.07 Å². The molecule has 5 heteroatoms. The Bertz CT molecular complexity index is 439. The minimum absolute atomic E-state index is 0.0674. The van der Waals surface area contributed by atoms with Crippen molar-refractivity contribution in [3.05, 3.63) is 34.6 Å². The monoisotopic (exact) mass is 285 g/mol. The van der Waals surface area contributed by atoms with Crippen LogP contribution in [0.1, 0.15) is 18.0 Å². The molecule has 1 saturated heterocycles. The lowest BCUT2D eigenvalue weighted by atomic mass is 10.1. The second kappa shape index (κ2) is 6.18. The molecule has 1 aromatic rings. The zero-order valence-electron chi connectivity index (χ0n) is 11.4. The highest BCUT2D eigenvalue weighted by Crippen LogP contribution is 2.28. The number of halogens is 2. The smallest absolute Gasteiger partial charge is 0.129 e. The number of rotatable bonds is 4. The summed E-state index contributed by atoms with van der Waals surface area (Å²) in [5, 5.41) is 0.421. The third-order valence-electron chi connectivity index (χ3n) is 3.91. The van der Waals surface area contributed by atoms with Crippen molar-refractivity contribution in [1.29, 1.82) is 0 Å². The molecule has 1 heterocycles. The maximum Gasteiger partial charge on any atom is 0.129 e. The molecule has 2 unspecified atom stereocenters. The van der Waals surface area contributed by atoms with Gasteiger partial charge < -0.3 is 10.6 Å². The normalized spacial score (nSPS) is 22.1. The molecule has 1 aliphatic rings. The first-order chi connectivity index (χ1) is 9.02. The molecule has 19 heavy (non-hydrogen) atoms. The van der Waals surface area contributed by atoms with Gasteiger partial charge in [0.15, 0.2) is 0 Å². The first-order valence-corrected chi connectivity index (χ1v) is 6.96. The van der Waals surface area contributed by atoms with E-state index in [0.29, 0.717) is 23.2 Å². The van der Waals surface area contributed by atoms with E-state index in [2.05, 4.69) is 23.9 Å². The summed E-state index contributed by atoms with van der Waals surface area (Å²) >= 11 is 5.80. The van der Waals surface area contributed by atoms with Gasteiger partial charge in [0.1, 0.15) is 5.82 Å². The van der Waals surface area contributed by atoms with Crippen molar-refractivity contribution < 1.29 is 4.39 Å². The van der Waals surface area contributed by atoms with Crippen molar-refractivity contribution in [2.24, 2.45) is 5.73 Å². The van der Waals surface area contributed by atoms with Crippen LogP contribution in [0.25, 0.3) is 0 Å². The first kappa shape index (κ1) is 14.7. The fourth-order valence-corrected chi connectivity index (χ4v) is 2.88. The van der Waals surface area contributed by atoms with E-state index in [0.717, 1.165) is 19.5 Å². The van der Waals surface area contributed by atoms with E-state index < -0.39 is 0 Å². The molecule has 2 rings (SSSR count). The number of nitrogens with two attached hydrogens (primary N) is 1. The van der Waals surface area contributed by atoms with Crippen molar-refractivity contribution >= 4 is 11.6 Å². The van der Waals surface area contributed by atoms with Gasteiger partial charge >= 0.3 is 0 Å². The summed E-state index contributed by atoms with van der Waals surface area (Å²) in [4.78, 5) is 4.47. The second-order valence-electron chi connectivity index (χ2n) is 5.32. The predicted octanol–water partition coefficient (Wildman–Crippen LogP) is 2.11. The summed E-state index contributed by atoms with van der Waals surface area (Å²) in [6, 6.07) is 5.28. The predicted molar refractivity (Wildman–Crippen MR) is 76.9 cm³/mol. The van der Waals surface area contributed by atoms with Gasteiger partial charge in [0.05, 0.1) is 0 Å². The Hall–Kier alpha value is -0.680. The average Bonchev–Trinajstić information content (AvgIpc) is 2.82. The molecule has 0 bridgehead atoms. The molecule has 3 nitrogen and oxygen atoms in total. The van der Waals surface area contributed by atoms with Crippen LogP contribution in [-0.2, 0) is 0 Å². The van der Waals surface area contributed by atoms with Crippen LogP contribution in [0.15, 0.2) is 18.2 Å². The van der Waals surface area contributed by atoms with Gasteiger partial charge in [-0.1, -0.05) is 17.7 Å². The maximum absolute atomic E-state index is 14.0. The lowest BCUT2D eigenvalue weighted by Crippen LogP contribution is -2.36. The molecule has 106 valence electrons. The highest BCUT2D eigenvalue weighted by molar-refractivity contribution is 6.30. The van der Waals surface area contributed by atoms with E-state index in [1.807, 2.05) is 0 Å². The Labute approximate surface area is 119 Å². The Morgan fingerprint density at radius 3 is 2.79 bits per heavy atom. The average molecular weight is 286 g/mol. The van der Waals surface area contributed by atoms with Crippen LogP contribution in [0.2, 0.25) is 5.02 Å². The van der Waals surface area contributed by atoms with Gasteiger partial charge in [-0.05, 0) is 32.6 Å². The van der Waals surface area contributed by atoms with E-state index in [1.54, 1.807) is 12.1 Å². The summed E-state index contributed by atoms with van der Waals surface area (Å²) in [5.74, 6) is -0.267. The summed E-state index contributed by atoms with van der Waals surface area (Å²) in [7, 11) is 4.16. The van der Waals surface area contributed by atoms with Gasteiger partial charge in [0.25, 0.3) is 0 Å². The van der Waals surface area contributed by atoms with Gasteiger partial charge in [-0.25, -0.2) is 4.39 Å². The maximum atomic E-state index is 14.0. The molecule has 1 aromatic carbocycles. The molecular weight excluding hydrogens is 265 g/mol. The fraction of sp³-hybridized carbons (Fsp3) is 0.571. The van der Waals surface area contributed by atoms with Crippen LogP contribution in [0.3, 0.4) is 0 Å². The van der Waals surface area contributed by atoms with Gasteiger partial charge in [0, 0.05) is 42.3 Å². The van der Waals surface area contributed by atoms with E-state index in [-0.39, 0.29) is 11.9 Å². The Morgan fingerprint density at radius 2 is 2.26 bits per heavy atom. The summed E-state index contributed by atoms with van der Waals surface area (Å²) in [6.45, 7) is 2.29. The minimum atomic E-state index is -0.267. The zero-order chi connectivity index (χ0) is 14.0. The van der Waals surface area contributed by atoms with Gasteiger partial charge in [-0.15, -0.1) is 0 Å². The first-order valence-electron chi connectivity index (χ1n) is 6.58. The van der Waals surface area contributed by atoms with Crippen LogP contribution < -0.4 is 5.73 Å². The summed E-state index contributed by atoms with van der Waals surface area (Å²) < 4.78 is 14.0. The fourth-order valence-electron chi connectivity index (χ4n) is 2.72. The Morgan fingerprint density at radius 1 is 1.53 bits per heavy atom. The van der Waals surface area contributed by atoms with Gasteiger partial charge in [-0.3, -0.25) is 4.90 Å². The third-order valence-corrected chi connectivity index (χ3v) is 4.15. The van der Waals surface area contributed by atoms with Crippen LogP contribution in [0.5, 0.6) is 0 Å². The lowest BCUT2D eigenvalue weighted by Gasteiger charge is -2.28. The summed E-state index contributed by atoms with van der Waals surface area (Å²) in [6.07, 6.45) is 1.10. The number of hydrogen-bond acceptors (Lipinski definition) is 3. The molecule has 2 N–H and O–H groups in total. The molecule has 0 aliphatic carbocycles. The van der Waals surface area contributed by atoms with Gasteiger partial charge in [-0.2, -0.15) is 0 Å². The Kier molecular flexibility index (Phi) is 4.79. The SMILES string of the molecule is CN(C)C1CCN(C(CN)c2ccc(Cl)cc2F)C1. The lowest BCUT2D eigenvalue weighted by molar-refractivity contribution is 0.217. The molecule has 0 spiro atoms. The van der Waals surface area contributed by atoms with Crippen molar-refractivity contribution in [2.75, 3.05) is 33.7 Å². The standard InChI is InChI=1S/C14H21ClFN3/c1-18(2)11-5-6-19(9-11)14(8-17)12-4-3-10(15)7-13(12)16/h3-4,7,11,14H,5-6,8-9,17H2,1-2H3. The summed E-state index contributed by atoms with van der Waals surface area (Å²) in [5.41, 5.74) is 6.50. The number of likely N-dealkylation sites (tertiary alicyclic amines) is 1. The molecule has 1 fully saturated rings. The largest absolute Gasteiger partial charge is 0.329 e. The molecule has 0 saturated carbocycles. The minimum Gasteiger partial charge on any atom is -0.329 e. The van der Waals surface area contributed by atoms with Crippen LogP contribution in [0.4, 0.5) is 4.39 Å². The molecule has 2 atom stereocenters. The highest BCUT2D eigenvalue weighted by Gasteiger charge is 2.30. The number of likely N-dealkylation sites (N-methyl/N-ethyl adjacent to an activating group) is 1. The van der Waals surface area contributed by atoms with Crippen LogP contribution in [0, 0.1) is 5.82 Å². The van der Waals surface area contributed by atoms with Crippen molar-refractivity contribution in [3.8, 4) is 0 Å². The number of benzene rings is 1. The highest BCUT2D eigenvalue weighted by atomic mass is 35.5. The topological polar surface area (TPSA) is 32.5 Å². The van der Waals surface area contributed by atoms with Crippen LogP contribution in [-0.4, -0.2) is 49.6 Å². The zero-order valence-corrected chi connectivity index (χ0v) is 12.2. The van der Waals surface area contributed by atoms with E-state index in [9.17, 15) is 4.39 Å². The van der Waals surface area contributed by atoms with Crippen LogP contribution >= 0.6 is 11.6 Å². The molecular formula is C14H21ClFN3. The van der Waals surface area contributed by atoms with E-state index >= 15 is 0 Å². The molecule has 1 aliphatic heterocycles. The van der Waals surface area contributed by atoms with E-state index in [4.69, 9.17) is 17.3 Å². The van der Waals surface area contributed by atoms with Crippen molar-refractivity contribution in [2.45, 2.75) is 18.5 Å². The van der Waals surface area contributed by atoms with Gasteiger partial charge in [0.2, 0.25) is 0 Å². The molecule has 0 aromatic heterocycles. The molecule has 0 amide bonds. The number of nitrogens with zero attached hydrogens (tertiary/aromatic N) is 2. The third kappa shape index (κ3) is 3.26. The molecule has 0 radical (unpaired) electrons. The quantitative estimate of drug-likeness (QED) is 0.920. The van der Waals surface area contributed by atoms with Crippen molar-refractivity contribution in [3.63, 3.8) is 0 Å². The number of hydrogen-bond donors (Lipinski definition) is 1. The Balaban J connectivity index is 2.16.